The van der Waals surface area contributed by atoms with E-state index in [-0.39, 0.29) is 24.3 Å². The number of thiophene rings is 1. The topological polar surface area (TPSA) is 75.3 Å². The number of ether oxygens (including phenoxy) is 1. The second kappa shape index (κ2) is 8.18. The summed E-state index contributed by atoms with van der Waals surface area (Å²) in [5, 5.41) is 8.94. The van der Waals surface area contributed by atoms with E-state index in [9.17, 15) is 9.59 Å². The van der Waals surface area contributed by atoms with E-state index < -0.39 is 0 Å². The lowest BCUT2D eigenvalue weighted by Crippen LogP contribution is -2.29. The third-order valence-electron chi connectivity index (χ3n) is 4.34. The van der Waals surface area contributed by atoms with E-state index >= 15 is 0 Å². The highest BCUT2D eigenvalue weighted by Crippen LogP contribution is 2.24. The molecule has 1 unspecified atom stereocenters. The Bertz CT molecular complexity index is 934. The molecule has 3 aromatic rings. The van der Waals surface area contributed by atoms with Crippen molar-refractivity contribution in [3.05, 3.63) is 69.7 Å². The van der Waals surface area contributed by atoms with Crippen LogP contribution in [0.25, 0.3) is 0 Å². The second-order valence-electron chi connectivity index (χ2n) is 6.26. The molecule has 0 radical (unpaired) electrons. The molecule has 6 nitrogen and oxygen atoms in total. The number of amides is 1. The molecule has 0 saturated carbocycles. The number of nitrogens with zero attached hydrogens (tertiary/aromatic N) is 2. The minimum Gasteiger partial charge on any atom is -0.487 e. The second-order valence-corrected chi connectivity index (χ2v) is 7.24. The molecule has 0 aliphatic carbocycles. The van der Waals surface area contributed by atoms with Gasteiger partial charge in [-0.1, -0.05) is 18.2 Å². The molecule has 0 saturated heterocycles. The molecule has 0 fully saturated rings. The maximum atomic E-state index is 12.7. The molecular formula is C20H21N3O3S. The Morgan fingerprint density at radius 3 is 2.78 bits per heavy atom. The zero-order valence-electron chi connectivity index (χ0n) is 15.4. The first-order valence-electron chi connectivity index (χ1n) is 8.54. The summed E-state index contributed by atoms with van der Waals surface area (Å²) in [6.07, 6.45) is 0. The van der Waals surface area contributed by atoms with Crippen molar-refractivity contribution in [3.8, 4) is 5.75 Å². The van der Waals surface area contributed by atoms with Crippen LogP contribution in [0.4, 0.5) is 0 Å². The van der Waals surface area contributed by atoms with Gasteiger partial charge < -0.3 is 9.64 Å². The Balaban J connectivity index is 1.63. The molecular weight excluding hydrogens is 362 g/mol. The maximum absolute atomic E-state index is 12.7. The molecule has 7 heteroatoms. The van der Waals surface area contributed by atoms with Gasteiger partial charge in [-0.05, 0) is 43.5 Å². The number of benzene rings is 1. The Morgan fingerprint density at radius 1 is 1.26 bits per heavy atom. The minimum atomic E-state index is -0.156. The van der Waals surface area contributed by atoms with Gasteiger partial charge in [0, 0.05) is 17.5 Å². The maximum Gasteiger partial charge on any atom is 0.274 e. The van der Waals surface area contributed by atoms with E-state index in [4.69, 9.17) is 4.74 Å². The molecule has 2 aromatic heterocycles. The van der Waals surface area contributed by atoms with Gasteiger partial charge in [0.25, 0.3) is 5.91 Å². The number of ketones is 1. The quantitative estimate of drug-likeness (QED) is 0.624. The minimum absolute atomic E-state index is 0.0160. The number of aromatic amines is 1. The van der Waals surface area contributed by atoms with Crippen molar-refractivity contribution >= 4 is 23.0 Å². The van der Waals surface area contributed by atoms with Gasteiger partial charge in [-0.3, -0.25) is 14.7 Å². The highest BCUT2D eigenvalue weighted by molar-refractivity contribution is 7.10. The standard InChI is InChI=1S/C20H21N3O3S/c1-13(19-8-5-9-27-19)23(3)20(25)18-11-16(21-22-18)12-26-17-7-4-6-15(10-17)14(2)24/h4-11,13H,12H2,1-3H3,(H,21,22). The first-order chi connectivity index (χ1) is 13.0. The van der Waals surface area contributed by atoms with Gasteiger partial charge in [0.05, 0.1) is 11.7 Å². The van der Waals surface area contributed by atoms with Crippen LogP contribution >= 0.6 is 11.3 Å². The third kappa shape index (κ3) is 4.43. The van der Waals surface area contributed by atoms with Crippen LogP contribution < -0.4 is 4.74 Å². The molecule has 1 atom stereocenters. The van der Waals surface area contributed by atoms with E-state index in [0.717, 1.165) is 4.88 Å². The van der Waals surface area contributed by atoms with Gasteiger partial charge >= 0.3 is 0 Å². The molecule has 1 N–H and O–H groups in total. The summed E-state index contributed by atoms with van der Waals surface area (Å²) < 4.78 is 5.70. The SMILES string of the molecule is CC(=O)c1cccc(OCc2cc(C(=O)N(C)C(C)c3cccs3)n[nH]2)c1. The molecule has 0 aliphatic heterocycles. The predicted molar refractivity (Wildman–Crippen MR) is 104 cm³/mol. The van der Waals surface area contributed by atoms with Gasteiger partial charge in [0.2, 0.25) is 0 Å². The van der Waals surface area contributed by atoms with Gasteiger partial charge in [-0.15, -0.1) is 11.3 Å². The fourth-order valence-corrected chi connectivity index (χ4v) is 3.41. The summed E-state index contributed by atoms with van der Waals surface area (Å²) in [7, 11) is 1.77. The van der Waals surface area contributed by atoms with Gasteiger partial charge in [0.1, 0.15) is 12.4 Å². The first kappa shape index (κ1) is 18.8. The highest BCUT2D eigenvalue weighted by atomic mass is 32.1. The molecule has 27 heavy (non-hydrogen) atoms. The van der Waals surface area contributed by atoms with Gasteiger partial charge in [-0.2, -0.15) is 5.10 Å². The number of hydrogen-bond donors (Lipinski definition) is 1. The van der Waals surface area contributed by atoms with Crippen molar-refractivity contribution in [2.75, 3.05) is 7.05 Å². The Hall–Kier alpha value is -2.93. The average Bonchev–Trinajstić information content (AvgIpc) is 3.36. The molecule has 0 aliphatic rings. The summed E-state index contributed by atoms with van der Waals surface area (Å²) in [6.45, 7) is 3.73. The van der Waals surface area contributed by atoms with E-state index in [2.05, 4.69) is 10.2 Å². The number of carbonyl (C=O) groups excluding carboxylic acids is 2. The van der Waals surface area contributed by atoms with Crippen LogP contribution in [0.5, 0.6) is 5.75 Å². The first-order valence-corrected chi connectivity index (χ1v) is 9.42. The highest BCUT2D eigenvalue weighted by Gasteiger charge is 2.21. The number of aromatic nitrogens is 2. The summed E-state index contributed by atoms with van der Waals surface area (Å²) in [5.41, 5.74) is 1.62. The summed E-state index contributed by atoms with van der Waals surface area (Å²) in [6, 6.07) is 12.6. The molecule has 3 rings (SSSR count). The molecule has 0 spiro atoms. The summed E-state index contributed by atoms with van der Waals surface area (Å²) in [5.74, 6) is 0.420. The molecule has 140 valence electrons. The van der Waals surface area contributed by atoms with Crippen molar-refractivity contribution in [1.29, 1.82) is 0 Å². The number of carbonyl (C=O) groups is 2. The fourth-order valence-electron chi connectivity index (χ4n) is 2.59. The number of rotatable bonds is 7. The lowest BCUT2D eigenvalue weighted by atomic mass is 10.1. The number of nitrogens with one attached hydrogen (secondary N) is 1. The molecule has 2 heterocycles. The average molecular weight is 383 g/mol. The van der Waals surface area contributed by atoms with Crippen molar-refractivity contribution in [1.82, 2.24) is 15.1 Å². The monoisotopic (exact) mass is 383 g/mol. The van der Waals surface area contributed by atoms with Gasteiger partial charge in [-0.25, -0.2) is 0 Å². The normalized spacial score (nSPS) is 11.8. The molecule has 0 bridgehead atoms. The van der Waals surface area contributed by atoms with Crippen LogP contribution in [0.3, 0.4) is 0 Å². The van der Waals surface area contributed by atoms with Crippen LogP contribution in [-0.4, -0.2) is 33.8 Å². The van der Waals surface area contributed by atoms with Crippen LogP contribution in [0.1, 0.15) is 51.3 Å². The number of Topliss-reactive ketones (excluding diaryl/α,β-unsaturated/α-hetero) is 1. The van der Waals surface area contributed by atoms with Gasteiger partial charge in [0.15, 0.2) is 11.5 Å². The van der Waals surface area contributed by atoms with Crippen molar-refractivity contribution in [2.45, 2.75) is 26.5 Å². The van der Waals surface area contributed by atoms with Crippen LogP contribution in [0, 0.1) is 0 Å². The number of hydrogen-bond acceptors (Lipinski definition) is 5. The Labute approximate surface area is 161 Å². The lowest BCUT2D eigenvalue weighted by molar-refractivity contribution is 0.0738. The van der Waals surface area contributed by atoms with Crippen molar-refractivity contribution < 1.29 is 14.3 Å². The number of H-pyrrole nitrogens is 1. The smallest absolute Gasteiger partial charge is 0.274 e. The van der Waals surface area contributed by atoms with Crippen LogP contribution in [-0.2, 0) is 6.61 Å². The summed E-state index contributed by atoms with van der Waals surface area (Å²) in [4.78, 5) is 26.9. The molecule has 1 aromatic carbocycles. The zero-order chi connectivity index (χ0) is 19.4. The van der Waals surface area contributed by atoms with E-state index in [1.165, 1.54) is 6.92 Å². The van der Waals surface area contributed by atoms with E-state index in [0.29, 0.717) is 22.7 Å². The van der Waals surface area contributed by atoms with E-state index in [1.54, 1.807) is 53.6 Å². The largest absolute Gasteiger partial charge is 0.487 e. The zero-order valence-corrected chi connectivity index (χ0v) is 16.2. The molecule has 1 amide bonds. The van der Waals surface area contributed by atoms with Crippen molar-refractivity contribution in [2.24, 2.45) is 0 Å². The fraction of sp³-hybridized carbons (Fsp3) is 0.250. The van der Waals surface area contributed by atoms with Crippen LogP contribution in [0.2, 0.25) is 0 Å². The lowest BCUT2D eigenvalue weighted by Gasteiger charge is -2.23. The predicted octanol–water partition coefficient (Wildman–Crippen LogP) is 4.09. The van der Waals surface area contributed by atoms with Crippen molar-refractivity contribution in [3.63, 3.8) is 0 Å². The van der Waals surface area contributed by atoms with E-state index in [1.807, 2.05) is 24.4 Å². The Morgan fingerprint density at radius 2 is 2.07 bits per heavy atom. The Kier molecular flexibility index (Phi) is 5.71. The third-order valence-corrected chi connectivity index (χ3v) is 5.38. The summed E-state index contributed by atoms with van der Waals surface area (Å²) >= 11 is 1.62. The van der Waals surface area contributed by atoms with Crippen LogP contribution in [0.15, 0.2) is 47.8 Å².